The van der Waals surface area contributed by atoms with Gasteiger partial charge in [-0.1, -0.05) is 22.9 Å². The van der Waals surface area contributed by atoms with Gasteiger partial charge in [0, 0.05) is 16.6 Å². The fraction of sp³-hybridized carbons (Fsp3) is 0.500. The molecule has 120 valence electrons. The lowest BCUT2D eigenvalue weighted by Crippen LogP contribution is -2.49. The highest BCUT2D eigenvalue weighted by Gasteiger charge is 2.35. The van der Waals surface area contributed by atoms with E-state index < -0.39 is 6.04 Å². The summed E-state index contributed by atoms with van der Waals surface area (Å²) in [5.41, 5.74) is 0.581. The van der Waals surface area contributed by atoms with Crippen LogP contribution in [0, 0.1) is 0 Å². The normalized spacial score (nSPS) is 19.0. The molecule has 1 heterocycles. The summed E-state index contributed by atoms with van der Waals surface area (Å²) in [6.45, 7) is 2.40. The van der Waals surface area contributed by atoms with Gasteiger partial charge in [0.05, 0.1) is 12.6 Å². The molecule has 1 saturated heterocycles. The molecule has 2 amide bonds. The molecule has 1 aliphatic rings. The highest BCUT2D eigenvalue weighted by atomic mass is 79.9. The first-order valence-electron chi connectivity index (χ1n) is 7.54. The SMILES string of the molecule is CC[C@@H](CO)NC(=O)[C@H]1CCCN1C(=O)c1ccc(Br)cc1. The van der Waals surface area contributed by atoms with Crippen LogP contribution in [0.5, 0.6) is 0 Å². The number of amides is 2. The summed E-state index contributed by atoms with van der Waals surface area (Å²) in [4.78, 5) is 26.6. The zero-order valence-corrected chi connectivity index (χ0v) is 14.2. The van der Waals surface area contributed by atoms with E-state index >= 15 is 0 Å². The average molecular weight is 369 g/mol. The second-order valence-electron chi connectivity index (χ2n) is 5.46. The van der Waals surface area contributed by atoms with Gasteiger partial charge < -0.3 is 15.3 Å². The first kappa shape index (κ1) is 17.0. The number of nitrogens with zero attached hydrogens (tertiary/aromatic N) is 1. The second kappa shape index (κ2) is 7.74. The van der Waals surface area contributed by atoms with Crippen molar-refractivity contribution in [1.82, 2.24) is 10.2 Å². The number of halogens is 1. The Balaban J connectivity index is 2.08. The maximum Gasteiger partial charge on any atom is 0.254 e. The van der Waals surface area contributed by atoms with Crippen molar-refractivity contribution in [2.75, 3.05) is 13.2 Å². The van der Waals surface area contributed by atoms with Crippen molar-refractivity contribution < 1.29 is 14.7 Å². The Hall–Kier alpha value is -1.40. The van der Waals surface area contributed by atoms with Gasteiger partial charge in [0.2, 0.25) is 5.91 Å². The molecule has 0 unspecified atom stereocenters. The van der Waals surface area contributed by atoms with Gasteiger partial charge in [0.1, 0.15) is 6.04 Å². The van der Waals surface area contributed by atoms with Gasteiger partial charge in [-0.15, -0.1) is 0 Å². The van der Waals surface area contributed by atoms with Crippen LogP contribution in [0.1, 0.15) is 36.5 Å². The Morgan fingerprint density at radius 2 is 2.09 bits per heavy atom. The number of benzene rings is 1. The van der Waals surface area contributed by atoms with Crippen LogP contribution in [-0.2, 0) is 4.79 Å². The van der Waals surface area contributed by atoms with Gasteiger partial charge in [-0.05, 0) is 43.5 Å². The van der Waals surface area contributed by atoms with Crippen LogP contribution >= 0.6 is 15.9 Å². The summed E-state index contributed by atoms with van der Waals surface area (Å²) in [5, 5.41) is 12.0. The van der Waals surface area contributed by atoms with Gasteiger partial charge in [-0.3, -0.25) is 9.59 Å². The quantitative estimate of drug-likeness (QED) is 0.834. The van der Waals surface area contributed by atoms with Crippen molar-refractivity contribution in [1.29, 1.82) is 0 Å². The topological polar surface area (TPSA) is 69.6 Å². The molecule has 0 spiro atoms. The lowest BCUT2D eigenvalue weighted by Gasteiger charge is -2.26. The molecular weight excluding hydrogens is 348 g/mol. The van der Waals surface area contributed by atoms with E-state index in [-0.39, 0.29) is 24.5 Å². The molecule has 5 nitrogen and oxygen atoms in total. The van der Waals surface area contributed by atoms with E-state index in [1.807, 2.05) is 19.1 Å². The number of carbonyl (C=O) groups excluding carboxylic acids is 2. The number of carbonyl (C=O) groups is 2. The van der Waals surface area contributed by atoms with Gasteiger partial charge in [0.15, 0.2) is 0 Å². The molecule has 0 aromatic heterocycles. The van der Waals surface area contributed by atoms with Gasteiger partial charge in [0.25, 0.3) is 5.91 Å². The fourth-order valence-electron chi connectivity index (χ4n) is 2.61. The lowest BCUT2D eigenvalue weighted by molar-refractivity contribution is -0.125. The number of aliphatic hydroxyl groups excluding tert-OH is 1. The van der Waals surface area contributed by atoms with Gasteiger partial charge in [-0.25, -0.2) is 0 Å². The molecule has 0 saturated carbocycles. The van der Waals surface area contributed by atoms with E-state index in [0.29, 0.717) is 24.9 Å². The fourth-order valence-corrected chi connectivity index (χ4v) is 2.88. The summed E-state index contributed by atoms with van der Waals surface area (Å²) in [7, 11) is 0. The van der Waals surface area contributed by atoms with E-state index in [0.717, 1.165) is 10.9 Å². The minimum atomic E-state index is -0.447. The van der Waals surface area contributed by atoms with Crippen LogP contribution in [0.2, 0.25) is 0 Å². The molecule has 0 aliphatic carbocycles. The first-order valence-corrected chi connectivity index (χ1v) is 8.34. The van der Waals surface area contributed by atoms with Crippen molar-refractivity contribution in [3.05, 3.63) is 34.3 Å². The Labute approximate surface area is 138 Å². The predicted octanol–water partition coefficient (Wildman–Crippen LogP) is 1.94. The van der Waals surface area contributed by atoms with Crippen LogP contribution in [-0.4, -0.2) is 47.1 Å². The molecule has 2 atom stereocenters. The number of aliphatic hydroxyl groups is 1. The van der Waals surface area contributed by atoms with E-state index in [1.165, 1.54) is 0 Å². The van der Waals surface area contributed by atoms with E-state index in [1.54, 1.807) is 17.0 Å². The standard InChI is InChI=1S/C16H21BrN2O3/c1-2-13(10-20)18-15(21)14-4-3-9-19(14)16(22)11-5-7-12(17)8-6-11/h5-8,13-14,20H,2-4,9-10H2,1H3,(H,18,21)/t13-,14+/m0/s1. The molecule has 0 bridgehead atoms. The molecule has 2 N–H and O–H groups in total. The number of hydrogen-bond acceptors (Lipinski definition) is 3. The molecule has 22 heavy (non-hydrogen) atoms. The minimum Gasteiger partial charge on any atom is -0.394 e. The molecule has 1 aliphatic heterocycles. The highest BCUT2D eigenvalue weighted by molar-refractivity contribution is 9.10. The predicted molar refractivity (Wildman–Crippen MR) is 87.5 cm³/mol. The largest absolute Gasteiger partial charge is 0.394 e. The third-order valence-electron chi connectivity index (χ3n) is 3.97. The smallest absolute Gasteiger partial charge is 0.254 e. The maximum absolute atomic E-state index is 12.6. The Morgan fingerprint density at radius 3 is 2.68 bits per heavy atom. The number of likely N-dealkylation sites (tertiary alicyclic amines) is 1. The van der Waals surface area contributed by atoms with E-state index in [9.17, 15) is 14.7 Å². The zero-order valence-electron chi connectivity index (χ0n) is 12.6. The molecule has 1 aromatic rings. The summed E-state index contributed by atoms with van der Waals surface area (Å²) >= 11 is 3.34. The Kier molecular flexibility index (Phi) is 5.97. The summed E-state index contributed by atoms with van der Waals surface area (Å²) < 4.78 is 0.911. The summed E-state index contributed by atoms with van der Waals surface area (Å²) in [5.74, 6) is -0.300. The molecule has 2 rings (SSSR count). The number of rotatable bonds is 5. The molecule has 1 fully saturated rings. The third kappa shape index (κ3) is 3.87. The van der Waals surface area contributed by atoms with Crippen molar-refractivity contribution >= 4 is 27.7 Å². The van der Waals surface area contributed by atoms with Crippen LogP contribution in [0.15, 0.2) is 28.7 Å². The second-order valence-corrected chi connectivity index (χ2v) is 6.38. The summed E-state index contributed by atoms with van der Waals surface area (Å²) in [6, 6.07) is 6.44. The average Bonchev–Trinajstić information content (AvgIpc) is 3.02. The minimum absolute atomic E-state index is 0.0877. The Morgan fingerprint density at radius 1 is 1.41 bits per heavy atom. The molecule has 0 radical (unpaired) electrons. The van der Waals surface area contributed by atoms with Gasteiger partial charge in [-0.2, -0.15) is 0 Å². The van der Waals surface area contributed by atoms with Crippen LogP contribution in [0.3, 0.4) is 0 Å². The van der Waals surface area contributed by atoms with Crippen LogP contribution in [0.4, 0.5) is 0 Å². The summed E-state index contributed by atoms with van der Waals surface area (Å²) in [6.07, 6.45) is 2.14. The van der Waals surface area contributed by atoms with Crippen molar-refractivity contribution in [3.63, 3.8) is 0 Å². The lowest BCUT2D eigenvalue weighted by atomic mass is 10.1. The van der Waals surface area contributed by atoms with Crippen LogP contribution < -0.4 is 5.32 Å². The van der Waals surface area contributed by atoms with Crippen molar-refractivity contribution in [3.8, 4) is 0 Å². The first-order chi connectivity index (χ1) is 10.6. The molecule has 6 heteroatoms. The molecule has 1 aromatic carbocycles. The zero-order chi connectivity index (χ0) is 16.1. The third-order valence-corrected chi connectivity index (χ3v) is 4.50. The number of nitrogens with one attached hydrogen (secondary N) is 1. The molecular formula is C16H21BrN2O3. The highest BCUT2D eigenvalue weighted by Crippen LogP contribution is 2.21. The maximum atomic E-state index is 12.6. The van der Waals surface area contributed by atoms with Crippen molar-refractivity contribution in [2.45, 2.75) is 38.3 Å². The monoisotopic (exact) mass is 368 g/mol. The van der Waals surface area contributed by atoms with E-state index in [2.05, 4.69) is 21.2 Å². The van der Waals surface area contributed by atoms with Crippen LogP contribution in [0.25, 0.3) is 0 Å². The number of hydrogen-bond donors (Lipinski definition) is 2. The Bertz CT molecular complexity index is 529. The van der Waals surface area contributed by atoms with E-state index in [4.69, 9.17) is 0 Å². The van der Waals surface area contributed by atoms with Crippen molar-refractivity contribution in [2.24, 2.45) is 0 Å². The van der Waals surface area contributed by atoms with Gasteiger partial charge >= 0.3 is 0 Å².